The van der Waals surface area contributed by atoms with Crippen LogP contribution in [0.25, 0.3) is 11.1 Å². The molecule has 0 saturated carbocycles. The van der Waals surface area contributed by atoms with Gasteiger partial charge in [0.2, 0.25) is 5.91 Å². The van der Waals surface area contributed by atoms with Gasteiger partial charge in [-0.05, 0) is 67.4 Å². The monoisotopic (exact) mass is 427 g/mol. The van der Waals surface area contributed by atoms with Crippen LogP contribution in [0.2, 0.25) is 0 Å². The van der Waals surface area contributed by atoms with Crippen molar-refractivity contribution in [3.63, 3.8) is 0 Å². The van der Waals surface area contributed by atoms with Crippen molar-refractivity contribution in [3.05, 3.63) is 83.9 Å². The lowest BCUT2D eigenvalue weighted by atomic mass is 9.91. The number of anilines is 2. The molecule has 0 bridgehead atoms. The first-order chi connectivity index (χ1) is 15.4. The topological polar surface area (TPSA) is 52.7 Å². The molecule has 164 valence electrons. The Morgan fingerprint density at radius 1 is 0.969 bits per heavy atom. The van der Waals surface area contributed by atoms with Gasteiger partial charge in [-0.1, -0.05) is 48.5 Å². The third kappa shape index (κ3) is 4.89. The Balaban J connectivity index is 1.51. The van der Waals surface area contributed by atoms with Crippen LogP contribution in [0.3, 0.4) is 0 Å². The molecule has 0 fully saturated rings. The number of hydrogen-bond donors (Lipinski definition) is 1. The molecule has 5 heteroatoms. The van der Waals surface area contributed by atoms with Gasteiger partial charge in [-0.15, -0.1) is 0 Å². The second-order valence-electron chi connectivity index (χ2n) is 8.70. The number of fused-ring (bicyclic) bond motifs is 1. The van der Waals surface area contributed by atoms with Crippen LogP contribution in [0.4, 0.5) is 11.4 Å². The summed E-state index contributed by atoms with van der Waals surface area (Å²) in [7, 11) is 4.11. The van der Waals surface area contributed by atoms with E-state index in [1.807, 2.05) is 77.7 Å². The summed E-state index contributed by atoms with van der Waals surface area (Å²) < 4.78 is 0. The standard InChI is InChI=1S/C27H29N3O2/c1-19(31)30-18-20(17-29(2)3)15-24-13-14-25(16-26(24)30)28-27(32)23-11-9-22(10-12-23)21-7-5-4-6-8-21/h4-14,16,20H,15,17-18H2,1-3H3,(H,28,32). The van der Waals surface area contributed by atoms with E-state index in [-0.39, 0.29) is 11.8 Å². The molecule has 1 aliphatic rings. The van der Waals surface area contributed by atoms with E-state index < -0.39 is 0 Å². The van der Waals surface area contributed by atoms with Gasteiger partial charge >= 0.3 is 0 Å². The molecule has 1 heterocycles. The molecule has 1 atom stereocenters. The number of benzene rings is 3. The summed E-state index contributed by atoms with van der Waals surface area (Å²) in [6.45, 7) is 3.22. The summed E-state index contributed by atoms with van der Waals surface area (Å²) in [4.78, 5) is 29.1. The minimum atomic E-state index is -0.166. The number of nitrogens with one attached hydrogen (secondary N) is 1. The Hall–Kier alpha value is -3.44. The summed E-state index contributed by atoms with van der Waals surface area (Å²) in [6.07, 6.45) is 0.923. The lowest BCUT2D eigenvalue weighted by Crippen LogP contribution is -2.42. The number of hydrogen-bond acceptors (Lipinski definition) is 3. The minimum absolute atomic E-state index is 0.0229. The predicted octanol–water partition coefficient (Wildman–Crippen LogP) is 4.69. The molecule has 3 aromatic rings. The molecule has 2 amide bonds. The van der Waals surface area contributed by atoms with E-state index in [1.165, 1.54) is 0 Å². The van der Waals surface area contributed by atoms with Gasteiger partial charge in [0.05, 0.1) is 0 Å². The predicted molar refractivity (Wildman–Crippen MR) is 130 cm³/mol. The second-order valence-corrected chi connectivity index (χ2v) is 8.70. The molecule has 0 saturated heterocycles. The number of rotatable bonds is 5. The zero-order chi connectivity index (χ0) is 22.7. The zero-order valence-corrected chi connectivity index (χ0v) is 18.8. The lowest BCUT2D eigenvalue weighted by Gasteiger charge is -2.35. The third-order valence-corrected chi connectivity index (χ3v) is 5.84. The number of amides is 2. The fourth-order valence-corrected chi connectivity index (χ4v) is 4.38. The maximum atomic E-state index is 12.8. The first-order valence-electron chi connectivity index (χ1n) is 10.9. The number of carbonyl (C=O) groups is 2. The van der Waals surface area contributed by atoms with Crippen molar-refractivity contribution in [2.75, 3.05) is 37.4 Å². The SMILES string of the molecule is CC(=O)N1CC(CN(C)C)Cc2ccc(NC(=O)c3ccc(-c4ccccc4)cc3)cc21. The largest absolute Gasteiger partial charge is 0.322 e. The molecule has 1 unspecified atom stereocenters. The summed E-state index contributed by atoms with van der Waals surface area (Å²) in [5.74, 6) is 0.250. The number of carbonyl (C=O) groups excluding carboxylic acids is 2. The second kappa shape index (κ2) is 9.37. The highest BCUT2D eigenvalue weighted by molar-refractivity contribution is 6.05. The van der Waals surface area contributed by atoms with Crippen molar-refractivity contribution in [2.24, 2.45) is 5.92 Å². The molecule has 0 aromatic heterocycles. The molecule has 4 rings (SSSR count). The number of nitrogens with zero attached hydrogens (tertiary/aromatic N) is 2. The van der Waals surface area contributed by atoms with Crippen LogP contribution in [0.15, 0.2) is 72.8 Å². The molecular formula is C27H29N3O2. The maximum Gasteiger partial charge on any atom is 0.255 e. The molecule has 3 aromatic carbocycles. The van der Waals surface area contributed by atoms with E-state index in [9.17, 15) is 9.59 Å². The van der Waals surface area contributed by atoms with E-state index in [2.05, 4.69) is 24.3 Å². The Bertz CT molecular complexity index is 1110. The van der Waals surface area contributed by atoms with Crippen molar-refractivity contribution in [2.45, 2.75) is 13.3 Å². The first kappa shape index (κ1) is 21.8. The quantitative estimate of drug-likeness (QED) is 0.643. The fraction of sp³-hybridized carbons (Fsp3) is 0.259. The van der Waals surface area contributed by atoms with Gasteiger partial charge in [0.1, 0.15) is 0 Å². The van der Waals surface area contributed by atoms with E-state index >= 15 is 0 Å². The highest BCUT2D eigenvalue weighted by Crippen LogP contribution is 2.33. The normalized spacial score (nSPS) is 15.4. The molecule has 32 heavy (non-hydrogen) atoms. The average Bonchev–Trinajstić information content (AvgIpc) is 2.79. The van der Waals surface area contributed by atoms with E-state index in [0.29, 0.717) is 23.7 Å². The molecule has 0 radical (unpaired) electrons. The van der Waals surface area contributed by atoms with Crippen LogP contribution in [0.5, 0.6) is 0 Å². The molecule has 0 aliphatic carbocycles. The fourth-order valence-electron chi connectivity index (χ4n) is 4.38. The van der Waals surface area contributed by atoms with Crippen molar-refractivity contribution in [1.82, 2.24) is 4.90 Å². The third-order valence-electron chi connectivity index (χ3n) is 5.84. The van der Waals surface area contributed by atoms with Gasteiger partial charge in [-0.2, -0.15) is 0 Å². The van der Waals surface area contributed by atoms with Crippen LogP contribution in [0, 0.1) is 5.92 Å². The Labute approximate surface area is 189 Å². The molecule has 1 aliphatic heterocycles. The molecular weight excluding hydrogens is 398 g/mol. The van der Waals surface area contributed by atoms with Crippen molar-refractivity contribution in [1.29, 1.82) is 0 Å². The van der Waals surface area contributed by atoms with Gasteiger partial charge in [0.25, 0.3) is 5.91 Å². The Kier molecular flexibility index (Phi) is 6.37. The Morgan fingerprint density at radius 3 is 2.31 bits per heavy atom. The Morgan fingerprint density at radius 2 is 1.66 bits per heavy atom. The van der Waals surface area contributed by atoms with Gasteiger partial charge in [0, 0.05) is 37.0 Å². The highest BCUT2D eigenvalue weighted by atomic mass is 16.2. The van der Waals surface area contributed by atoms with Gasteiger partial charge in [0.15, 0.2) is 0 Å². The molecule has 5 nitrogen and oxygen atoms in total. The maximum absolute atomic E-state index is 12.8. The smallest absolute Gasteiger partial charge is 0.255 e. The van der Waals surface area contributed by atoms with Crippen molar-refractivity contribution in [3.8, 4) is 11.1 Å². The summed E-state index contributed by atoms with van der Waals surface area (Å²) in [5, 5.41) is 2.99. The summed E-state index contributed by atoms with van der Waals surface area (Å²) in [5.41, 5.74) is 5.51. The van der Waals surface area contributed by atoms with E-state index in [4.69, 9.17) is 0 Å². The van der Waals surface area contributed by atoms with Crippen LogP contribution < -0.4 is 10.2 Å². The average molecular weight is 428 g/mol. The summed E-state index contributed by atoms with van der Waals surface area (Å²) >= 11 is 0. The van der Waals surface area contributed by atoms with Crippen LogP contribution in [-0.4, -0.2) is 43.9 Å². The van der Waals surface area contributed by atoms with Crippen molar-refractivity contribution < 1.29 is 9.59 Å². The van der Waals surface area contributed by atoms with E-state index in [0.717, 1.165) is 35.3 Å². The van der Waals surface area contributed by atoms with Gasteiger partial charge in [-0.25, -0.2) is 0 Å². The van der Waals surface area contributed by atoms with Gasteiger partial charge in [-0.3, -0.25) is 9.59 Å². The zero-order valence-electron chi connectivity index (χ0n) is 18.8. The van der Waals surface area contributed by atoms with Gasteiger partial charge < -0.3 is 15.1 Å². The van der Waals surface area contributed by atoms with Crippen LogP contribution in [-0.2, 0) is 11.2 Å². The minimum Gasteiger partial charge on any atom is -0.322 e. The molecule has 1 N–H and O–H groups in total. The highest BCUT2D eigenvalue weighted by Gasteiger charge is 2.27. The van der Waals surface area contributed by atoms with Crippen LogP contribution >= 0.6 is 0 Å². The van der Waals surface area contributed by atoms with E-state index in [1.54, 1.807) is 6.92 Å². The lowest BCUT2D eigenvalue weighted by molar-refractivity contribution is -0.116. The van der Waals surface area contributed by atoms with Crippen LogP contribution in [0.1, 0.15) is 22.8 Å². The first-order valence-corrected chi connectivity index (χ1v) is 10.9. The molecule has 0 spiro atoms. The van der Waals surface area contributed by atoms with Crippen molar-refractivity contribution >= 4 is 23.2 Å². The summed E-state index contributed by atoms with van der Waals surface area (Å²) in [6, 6.07) is 23.5.